The van der Waals surface area contributed by atoms with E-state index >= 15 is 0 Å². The molecule has 2 aromatic heterocycles. The van der Waals surface area contributed by atoms with Gasteiger partial charge in [-0.15, -0.1) is 0 Å². The van der Waals surface area contributed by atoms with Crippen LogP contribution in [0.3, 0.4) is 0 Å². The maximum atomic E-state index is 12.8. The van der Waals surface area contributed by atoms with Crippen molar-refractivity contribution in [3.63, 3.8) is 0 Å². The predicted molar refractivity (Wildman–Crippen MR) is 114 cm³/mol. The summed E-state index contributed by atoms with van der Waals surface area (Å²) >= 11 is 0. The van der Waals surface area contributed by atoms with Crippen LogP contribution >= 0.6 is 0 Å². The van der Waals surface area contributed by atoms with Gasteiger partial charge in [-0.1, -0.05) is 19.0 Å². The minimum Gasteiger partial charge on any atom is -0.486 e. The normalized spacial score (nSPS) is 15.4. The van der Waals surface area contributed by atoms with Gasteiger partial charge in [-0.3, -0.25) is 9.78 Å². The fourth-order valence-corrected chi connectivity index (χ4v) is 4.48. The SMILES string of the molecule is CCC1(CC)CC(=O)c2cc(-c3nc(-c4cncc(CS(C)(=O)=O)c4)no3)ccc2O1. The Balaban J connectivity index is 1.63. The minimum atomic E-state index is -3.19. The van der Waals surface area contributed by atoms with Crippen LogP contribution in [0.4, 0.5) is 0 Å². The Bertz CT molecular complexity index is 1250. The Labute approximate surface area is 180 Å². The third-order valence-electron chi connectivity index (χ3n) is 5.53. The van der Waals surface area contributed by atoms with Crippen molar-refractivity contribution in [3.05, 3.63) is 47.8 Å². The van der Waals surface area contributed by atoms with Crippen LogP contribution in [0, 0.1) is 0 Å². The number of carbonyl (C=O) groups is 1. The highest BCUT2D eigenvalue weighted by Crippen LogP contribution is 2.39. The first kappa shape index (κ1) is 21.2. The Morgan fingerprint density at radius 2 is 1.87 bits per heavy atom. The smallest absolute Gasteiger partial charge is 0.258 e. The molecular formula is C22H23N3O5S. The maximum Gasteiger partial charge on any atom is 0.258 e. The summed E-state index contributed by atoms with van der Waals surface area (Å²) in [5.41, 5.74) is 1.75. The molecule has 0 saturated carbocycles. The van der Waals surface area contributed by atoms with E-state index in [-0.39, 0.29) is 23.3 Å². The van der Waals surface area contributed by atoms with Crippen LogP contribution in [0.25, 0.3) is 22.8 Å². The van der Waals surface area contributed by atoms with Crippen LogP contribution in [0.15, 0.2) is 41.2 Å². The fourth-order valence-electron chi connectivity index (χ4n) is 3.72. The molecule has 0 N–H and O–H groups in total. The molecule has 0 bridgehead atoms. The molecule has 3 heterocycles. The zero-order valence-corrected chi connectivity index (χ0v) is 18.4. The number of benzene rings is 1. The van der Waals surface area contributed by atoms with E-state index in [1.807, 2.05) is 13.8 Å². The van der Waals surface area contributed by atoms with Crippen LogP contribution in [0.1, 0.15) is 49.0 Å². The van der Waals surface area contributed by atoms with Crippen LogP contribution in [-0.4, -0.2) is 41.2 Å². The molecule has 0 spiro atoms. The Hall–Kier alpha value is -3.07. The zero-order chi connectivity index (χ0) is 22.2. The van der Waals surface area contributed by atoms with E-state index in [0.29, 0.717) is 34.4 Å². The lowest BCUT2D eigenvalue weighted by atomic mass is 9.85. The van der Waals surface area contributed by atoms with Crippen LogP contribution < -0.4 is 4.74 Å². The molecule has 1 aliphatic heterocycles. The summed E-state index contributed by atoms with van der Waals surface area (Å²) in [5.74, 6) is 1.02. The van der Waals surface area contributed by atoms with Gasteiger partial charge >= 0.3 is 0 Å². The van der Waals surface area contributed by atoms with Crippen molar-refractivity contribution >= 4 is 15.6 Å². The van der Waals surface area contributed by atoms with Gasteiger partial charge in [0.25, 0.3) is 5.89 Å². The molecule has 1 aliphatic rings. The molecule has 4 rings (SSSR count). The highest BCUT2D eigenvalue weighted by Gasteiger charge is 2.37. The first-order chi connectivity index (χ1) is 14.7. The van der Waals surface area contributed by atoms with Gasteiger partial charge in [0.1, 0.15) is 11.4 Å². The average molecular weight is 442 g/mol. The first-order valence-electron chi connectivity index (χ1n) is 10.0. The number of aromatic nitrogens is 3. The second-order valence-electron chi connectivity index (χ2n) is 7.88. The molecule has 0 aliphatic carbocycles. The average Bonchev–Trinajstić information content (AvgIpc) is 3.23. The molecule has 0 unspecified atom stereocenters. The van der Waals surface area contributed by atoms with E-state index in [9.17, 15) is 13.2 Å². The number of ether oxygens (including phenoxy) is 1. The van der Waals surface area contributed by atoms with E-state index in [0.717, 1.165) is 19.1 Å². The number of sulfone groups is 1. The van der Waals surface area contributed by atoms with Crippen molar-refractivity contribution in [2.24, 2.45) is 0 Å². The number of carbonyl (C=O) groups excluding carboxylic acids is 1. The van der Waals surface area contributed by atoms with Gasteiger partial charge in [-0.25, -0.2) is 8.42 Å². The molecule has 9 heteroatoms. The monoisotopic (exact) mass is 441 g/mol. The largest absolute Gasteiger partial charge is 0.486 e. The fraction of sp³-hybridized carbons (Fsp3) is 0.364. The number of pyridine rings is 1. The van der Waals surface area contributed by atoms with Gasteiger partial charge in [0.2, 0.25) is 5.82 Å². The van der Waals surface area contributed by atoms with Gasteiger partial charge < -0.3 is 9.26 Å². The van der Waals surface area contributed by atoms with Crippen molar-refractivity contribution in [2.45, 2.75) is 44.5 Å². The Morgan fingerprint density at radius 1 is 1.10 bits per heavy atom. The lowest BCUT2D eigenvalue weighted by molar-refractivity contribution is 0.0350. The highest BCUT2D eigenvalue weighted by atomic mass is 32.2. The number of fused-ring (bicyclic) bond motifs is 1. The second kappa shape index (κ2) is 7.88. The maximum absolute atomic E-state index is 12.8. The molecule has 0 saturated heterocycles. The van der Waals surface area contributed by atoms with Crippen LogP contribution in [0.2, 0.25) is 0 Å². The van der Waals surface area contributed by atoms with Gasteiger partial charge in [0.15, 0.2) is 15.6 Å². The van der Waals surface area contributed by atoms with Crippen molar-refractivity contribution in [2.75, 3.05) is 6.26 Å². The molecule has 8 nitrogen and oxygen atoms in total. The third-order valence-corrected chi connectivity index (χ3v) is 6.39. The zero-order valence-electron chi connectivity index (χ0n) is 17.6. The molecule has 0 atom stereocenters. The van der Waals surface area contributed by atoms with Crippen LogP contribution in [0.5, 0.6) is 5.75 Å². The number of Topliss-reactive ketones (excluding diaryl/α,β-unsaturated/α-hetero) is 1. The lowest BCUT2D eigenvalue weighted by Crippen LogP contribution is -2.40. The first-order valence-corrected chi connectivity index (χ1v) is 12.1. The third kappa shape index (κ3) is 4.36. The summed E-state index contributed by atoms with van der Waals surface area (Å²) in [6.07, 6.45) is 6.06. The highest BCUT2D eigenvalue weighted by molar-refractivity contribution is 7.89. The minimum absolute atomic E-state index is 0.0317. The lowest BCUT2D eigenvalue weighted by Gasteiger charge is -2.36. The predicted octanol–water partition coefficient (Wildman–Crippen LogP) is 3.87. The molecule has 0 fully saturated rings. The van der Waals surface area contributed by atoms with E-state index in [2.05, 4.69) is 15.1 Å². The van der Waals surface area contributed by atoms with Gasteiger partial charge in [-0.05, 0) is 42.7 Å². The number of hydrogen-bond acceptors (Lipinski definition) is 8. The topological polar surface area (TPSA) is 112 Å². The van der Waals surface area contributed by atoms with E-state index in [1.54, 1.807) is 30.5 Å². The number of rotatable bonds is 6. The quantitative estimate of drug-likeness (QED) is 0.567. The molecule has 0 amide bonds. The summed E-state index contributed by atoms with van der Waals surface area (Å²) in [6, 6.07) is 6.92. The molecule has 162 valence electrons. The van der Waals surface area contributed by atoms with E-state index < -0.39 is 15.4 Å². The number of nitrogens with zero attached hydrogens (tertiary/aromatic N) is 3. The summed E-state index contributed by atoms with van der Waals surface area (Å²) in [4.78, 5) is 21.3. The molecule has 31 heavy (non-hydrogen) atoms. The van der Waals surface area contributed by atoms with Gasteiger partial charge in [-0.2, -0.15) is 4.98 Å². The number of ketones is 1. The number of hydrogen-bond donors (Lipinski definition) is 0. The van der Waals surface area contributed by atoms with Crippen molar-refractivity contribution in [1.29, 1.82) is 0 Å². The van der Waals surface area contributed by atoms with Gasteiger partial charge in [0.05, 0.1) is 17.7 Å². The summed E-state index contributed by atoms with van der Waals surface area (Å²) in [6.45, 7) is 4.05. The van der Waals surface area contributed by atoms with Crippen molar-refractivity contribution in [1.82, 2.24) is 15.1 Å². The van der Waals surface area contributed by atoms with Crippen LogP contribution in [-0.2, 0) is 15.6 Å². The van der Waals surface area contributed by atoms with Crippen molar-refractivity contribution < 1.29 is 22.5 Å². The van der Waals surface area contributed by atoms with Crippen molar-refractivity contribution in [3.8, 4) is 28.6 Å². The Morgan fingerprint density at radius 3 is 2.58 bits per heavy atom. The summed E-state index contributed by atoms with van der Waals surface area (Å²) in [7, 11) is -3.19. The standard InChI is InChI=1S/C22H23N3O5S/c1-4-22(5-2)10-18(26)17-9-15(6-7-19(17)29-22)21-24-20(25-30-21)16-8-14(11-23-12-16)13-31(3,27)28/h6-9,11-12H,4-5,10,13H2,1-3H3. The Kier molecular flexibility index (Phi) is 5.38. The molecule has 3 aromatic rings. The van der Waals surface area contributed by atoms with E-state index in [1.165, 1.54) is 6.20 Å². The molecular weight excluding hydrogens is 418 g/mol. The van der Waals surface area contributed by atoms with E-state index in [4.69, 9.17) is 9.26 Å². The van der Waals surface area contributed by atoms with Gasteiger partial charge in [0, 0.05) is 29.8 Å². The summed E-state index contributed by atoms with van der Waals surface area (Å²) in [5, 5.41) is 3.99. The molecule has 1 aromatic carbocycles. The molecule has 0 radical (unpaired) electrons. The summed E-state index contributed by atoms with van der Waals surface area (Å²) < 4.78 is 34.6. The second-order valence-corrected chi connectivity index (χ2v) is 10.0.